The Morgan fingerprint density at radius 3 is 2.60 bits per heavy atom. The van der Waals surface area contributed by atoms with Crippen molar-refractivity contribution < 1.29 is 18.8 Å². The number of hydrogen-bond acceptors (Lipinski definition) is 6. The lowest BCUT2D eigenvalue weighted by molar-refractivity contribution is 0.0940. The van der Waals surface area contributed by atoms with E-state index in [4.69, 9.17) is 14.0 Å². The molecule has 1 amide bonds. The Morgan fingerprint density at radius 1 is 1.20 bits per heavy atom. The molecule has 25 heavy (non-hydrogen) atoms. The van der Waals surface area contributed by atoms with Crippen molar-refractivity contribution in [3.63, 3.8) is 0 Å². The predicted molar refractivity (Wildman–Crippen MR) is 95.2 cm³/mol. The molecule has 2 aromatic rings. The summed E-state index contributed by atoms with van der Waals surface area (Å²) < 4.78 is 15.8. The lowest BCUT2D eigenvalue weighted by atomic mass is 10.1. The number of benzene rings is 1. The average molecular weight is 347 g/mol. The predicted octanol–water partition coefficient (Wildman–Crippen LogP) is 2.43. The summed E-state index contributed by atoms with van der Waals surface area (Å²) in [6, 6.07) is 6.96. The first-order valence-electron chi connectivity index (χ1n) is 8.32. The molecule has 136 valence electrons. The van der Waals surface area contributed by atoms with E-state index in [0.717, 1.165) is 19.6 Å². The summed E-state index contributed by atoms with van der Waals surface area (Å²) in [6.07, 6.45) is 0. The van der Waals surface area contributed by atoms with Crippen molar-refractivity contribution >= 4 is 5.91 Å². The normalized spacial score (nSPS) is 10.8. The number of likely N-dealkylation sites (N-methyl/N-ethyl adjacent to an activating group) is 1. The van der Waals surface area contributed by atoms with Crippen LogP contribution in [0.4, 0.5) is 0 Å². The van der Waals surface area contributed by atoms with Crippen LogP contribution in [0.3, 0.4) is 0 Å². The molecule has 1 aromatic carbocycles. The van der Waals surface area contributed by atoms with E-state index >= 15 is 0 Å². The van der Waals surface area contributed by atoms with Gasteiger partial charge in [-0.05, 0) is 25.2 Å². The highest BCUT2D eigenvalue weighted by Gasteiger charge is 2.17. The zero-order valence-corrected chi connectivity index (χ0v) is 15.2. The Bertz CT molecular complexity index is 695. The number of nitrogens with zero attached hydrogens (tertiary/aromatic N) is 2. The highest BCUT2D eigenvalue weighted by atomic mass is 16.5. The summed E-state index contributed by atoms with van der Waals surface area (Å²) in [4.78, 5) is 14.4. The van der Waals surface area contributed by atoms with Crippen LogP contribution >= 0.6 is 0 Å². The van der Waals surface area contributed by atoms with Crippen LogP contribution in [0, 0.1) is 0 Å². The third-order valence-electron chi connectivity index (χ3n) is 4.02. The highest BCUT2D eigenvalue weighted by Crippen LogP contribution is 2.33. The summed E-state index contributed by atoms with van der Waals surface area (Å²) in [5.41, 5.74) is 0.949. The molecular formula is C18H25N3O4. The summed E-state index contributed by atoms with van der Waals surface area (Å²) in [7, 11) is 3.15. The second-order valence-corrected chi connectivity index (χ2v) is 5.43. The molecule has 0 spiro atoms. The van der Waals surface area contributed by atoms with Crippen molar-refractivity contribution in [2.45, 2.75) is 13.8 Å². The first-order valence-corrected chi connectivity index (χ1v) is 8.32. The molecule has 0 saturated heterocycles. The summed E-state index contributed by atoms with van der Waals surface area (Å²) in [6.45, 7) is 7.47. The SMILES string of the molecule is CCN(CC)CCNC(=O)c1cc(-c2ccc(OC)cc2OC)on1. The molecule has 0 unspecified atom stereocenters. The van der Waals surface area contributed by atoms with Gasteiger partial charge in [0, 0.05) is 25.2 Å². The van der Waals surface area contributed by atoms with Crippen LogP contribution in [0.1, 0.15) is 24.3 Å². The number of hydrogen-bond donors (Lipinski definition) is 1. The lowest BCUT2D eigenvalue weighted by Gasteiger charge is -2.17. The van der Waals surface area contributed by atoms with E-state index in [9.17, 15) is 4.79 Å². The zero-order valence-electron chi connectivity index (χ0n) is 15.2. The number of aromatic nitrogens is 1. The molecule has 0 saturated carbocycles. The van der Waals surface area contributed by atoms with E-state index in [1.165, 1.54) is 0 Å². The monoisotopic (exact) mass is 347 g/mol. The number of rotatable bonds is 9. The van der Waals surface area contributed by atoms with Crippen LogP contribution in [-0.2, 0) is 0 Å². The molecule has 2 rings (SSSR count). The van der Waals surface area contributed by atoms with Gasteiger partial charge in [0.1, 0.15) is 11.5 Å². The van der Waals surface area contributed by atoms with E-state index in [-0.39, 0.29) is 11.6 Å². The number of nitrogens with one attached hydrogen (secondary N) is 1. The van der Waals surface area contributed by atoms with Gasteiger partial charge in [-0.1, -0.05) is 19.0 Å². The second kappa shape index (κ2) is 9.08. The van der Waals surface area contributed by atoms with Gasteiger partial charge >= 0.3 is 0 Å². The zero-order chi connectivity index (χ0) is 18.2. The van der Waals surface area contributed by atoms with Gasteiger partial charge in [0.05, 0.1) is 19.8 Å². The number of amides is 1. The van der Waals surface area contributed by atoms with E-state index in [0.29, 0.717) is 29.4 Å². The van der Waals surface area contributed by atoms with Crippen LogP contribution in [0.2, 0.25) is 0 Å². The Balaban J connectivity index is 2.05. The molecule has 1 N–H and O–H groups in total. The molecule has 0 radical (unpaired) electrons. The molecule has 0 aliphatic carbocycles. The summed E-state index contributed by atoms with van der Waals surface area (Å²) in [5.74, 6) is 1.47. The van der Waals surface area contributed by atoms with Crippen molar-refractivity contribution in [3.05, 3.63) is 30.0 Å². The molecule has 7 heteroatoms. The fourth-order valence-electron chi connectivity index (χ4n) is 2.47. The van der Waals surface area contributed by atoms with Gasteiger partial charge in [0.2, 0.25) is 0 Å². The van der Waals surface area contributed by atoms with Crippen LogP contribution in [-0.4, -0.2) is 56.4 Å². The Kier molecular flexibility index (Phi) is 6.82. The van der Waals surface area contributed by atoms with Crippen molar-refractivity contribution in [3.8, 4) is 22.8 Å². The number of ether oxygens (including phenoxy) is 2. The van der Waals surface area contributed by atoms with E-state index < -0.39 is 0 Å². The third kappa shape index (κ3) is 4.73. The lowest BCUT2D eigenvalue weighted by Crippen LogP contribution is -2.34. The molecule has 1 aromatic heterocycles. The van der Waals surface area contributed by atoms with Crippen LogP contribution in [0.15, 0.2) is 28.8 Å². The van der Waals surface area contributed by atoms with Crippen molar-refractivity contribution in [1.29, 1.82) is 0 Å². The molecule has 7 nitrogen and oxygen atoms in total. The minimum Gasteiger partial charge on any atom is -0.497 e. The topological polar surface area (TPSA) is 76.8 Å². The van der Waals surface area contributed by atoms with Crippen LogP contribution in [0.25, 0.3) is 11.3 Å². The number of carbonyl (C=O) groups excluding carboxylic acids is 1. The van der Waals surface area contributed by atoms with Crippen molar-refractivity contribution in [1.82, 2.24) is 15.4 Å². The fraction of sp³-hybridized carbons (Fsp3) is 0.444. The number of carbonyl (C=O) groups is 1. The quantitative estimate of drug-likeness (QED) is 0.751. The van der Waals surface area contributed by atoms with Gasteiger partial charge in [0.15, 0.2) is 11.5 Å². The van der Waals surface area contributed by atoms with E-state index in [2.05, 4.69) is 29.2 Å². The maximum absolute atomic E-state index is 12.2. The van der Waals surface area contributed by atoms with Crippen LogP contribution in [0.5, 0.6) is 11.5 Å². The number of methoxy groups -OCH3 is 2. The molecule has 0 atom stereocenters. The Morgan fingerprint density at radius 2 is 1.96 bits per heavy atom. The second-order valence-electron chi connectivity index (χ2n) is 5.43. The standard InChI is InChI=1S/C18H25N3O4/c1-5-21(6-2)10-9-19-18(22)15-12-17(25-20-15)14-8-7-13(23-3)11-16(14)24-4/h7-8,11-12H,5-6,9-10H2,1-4H3,(H,19,22). The minimum absolute atomic E-state index is 0.243. The highest BCUT2D eigenvalue weighted by molar-refractivity contribution is 5.93. The molecule has 0 fully saturated rings. The maximum Gasteiger partial charge on any atom is 0.273 e. The van der Waals surface area contributed by atoms with Gasteiger partial charge in [-0.2, -0.15) is 0 Å². The first-order chi connectivity index (χ1) is 12.1. The third-order valence-corrected chi connectivity index (χ3v) is 4.02. The van der Waals surface area contributed by atoms with Gasteiger partial charge in [0.25, 0.3) is 5.91 Å². The molecule has 0 aliphatic rings. The summed E-state index contributed by atoms with van der Waals surface area (Å²) in [5, 5.41) is 6.72. The molecule has 1 heterocycles. The smallest absolute Gasteiger partial charge is 0.273 e. The first kappa shape index (κ1) is 18.8. The van der Waals surface area contributed by atoms with Gasteiger partial charge < -0.3 is 24.2 Å². The van der Waals surface area contributed by atoms with E-state index in [1.54, 1.807) is 38.5 Å². The van der Waals surface area contributed by atoms with E-state index in [1.807, 2.05) is 0 Å². The van der Waals surface area contributed by atoms with Crippen molar-refractivity contribution in [2.24, 2.45) is 0 Å². The van der Waals surface area contributed by atoms with Crippen molar-refractivity contribution in [2.75, 3.05) is 40.4 Å². The van der Waals surface area contributed by atoms with Gasteiger partial charge in [-0.15, -0.1) is 0 Å². The summed E-state index contributed by atoms with van der Waals surface area (Å²) >= 11 is 0. The Labute approximate surface area is 147 Å². The van der Waals surface area contributed by atoms with Gasteiger partial charge in [-0.25, -0.2) is 0 Å². The largest absolute Gasteiger partial charge is 0.497 e. The van der Waals surface area contributed by atoms with Gasteiger partial charge in [-0.3, -0.25) is 4.79 Å². The molecular weight excluding hydrogens is 322 g/mol. The fourth-order valence-corrected chi connectivity index (χ4v) is 2.47. The van der Waals surface area contributed by atoms with Crippen LogP contribution < -0.4 is 14.8 Å². The average Bonchev–Trinajstić information content (AvgIpc) is 3.14. The Hall–Kier alpha value is -2.54. The maximum atomic E-state index is 12.2. The molecule has 0 bridgehead atoms. The minimum atomic E-state index is -0.255. The molecule has 0 aliphatic heterocycles.